The lowest BCUT2D eigenvalue weighted by Gasteiger charge is -2.22. The number of anilines is 1. The summed E-state index contributed by atoms with van der Waals surface area (Å²) >= 11 is 0. The molecule has 7 nitrogen and oxygen atoms in total. The first-order chi connectivity index (χ1) is 9.25. The summed E-state index contributed by atoms with van der Waals surface area (Å²) in [6, 6.07) is 1.24. The van der Waals surface area contributed by atoms with Crippen molar-refractivity contribution in [2.24, 2.45) is 0 Å². The Balaban J connectivity index is 1.93. The predicted molar refractivity (Wildman–Crippen MR) is 67.2 cm³/mol. The maximum atomic E-state index is 11.2. The van der Waals surface area contributed by atoms with E-state index in [9.17, 15) is 9.90 Å². The predicted octanol–water partition coefficient (Wildman–Crippen LogP) is 0.716. The zero-order valence-electron chi connectivity index (χ0n) is 10.2. The van der Waals surface area contributed by atoms with Gasteiger partial charge in [0.1, 0.15) is 18.2 Å². The first kappa shape index (κ1) is 11.6. The third-order valence-electron chi connectivity index (χ3n) is 3.20. The zero-order valence-corrected chi connectivity index (χ0v) is 10.2. The molecule has 0 unspecified atom stereocenters. The number of hydrogen-bond acceptors (Lipinski definition) is 5. The number of carbonyl (C=O) groups is 1. The van der Waals surface area contributed by atoms with Gasteiger partial charge in [-0.15, -0.1) is 0 Å². The third-order valence-corrected chi connectivity index (χ3v) is 3.20. The number of aliphatic carboxylic acids is 1. The first-order valence-corrected chi connectivity index (χ1v) is 6.06. The van der Waals surface area contributed by atoms with Gasteiger partial charge in [0.15, 0.2) is 0 Å². The maximum absolute atomic E-state index is 11.2. The lowest BCUT2D eigenvalue weighted by Crippen LogP contribution is -2.36. The van der Waals surface area contributed by atoms with Gasteiger partial charge in [0, 0.05) is 25.1 Å². The van der Waals surface area contributed by atoms with Crippen molar-refractivity contribution in [3.05, 3.63) is 31.0 Å². The van der Waals surface area contributed by atoms with Gasteiger partial charge < -0.3 is 10.0 Å². The monoisotopic (exact) mass is 259 g/mol. The molecule has 19 heavy (non-hydrogen) atoms. The van der Waals surface area contributed by atoms with Gasteiger partial charge in [-0.2, -0.15) is 4.98 Å². The Labute approximate surface area is 109 Å². The van der Waals surface area contributed by atoms with Crippen LogP contribution in [0.5, 0.6) is 0 Å². The first-order valence-electron chi connectivity index (χ1n) is 6.06. The molecule has 3 heterocycles. The quantitative estimate of drug-likeness (QED) is 0.874. The van der Waals surface area contributed by atoms with Crippen LogP contribution in [0.4, 0.5) is 5.82 Å². The van der Waals surface area contributed by atoms with E-state index in [4.69, 9.17) is 0 Å². The Hall–Kier alpha value is -2.44. The van der Waals surface area contributed by atoms with E-state index in [1.54, 1.807) is 35.6 Å². The molecular weight excluding hydrogens is 246 g/mol. The van der Waals surface area contributed by atoms with Gasteiger partial charge in [-0.05, 0) is 18.9 Å². The smallest absolute Gasteiger partial charge is 0.326 e. The summed E-state index contributed by atoms with van der Waals surface area (Å²) in [5, 5.41) is 9.20. The zero-order chi connectivity index (χ0) is 13.2. The molecule has 0 bridgehead atoms. The summed E-state index contributed by atoms with van der Waals surface area (Å²) in [6.07, 6.45) is 8.15. The third kappa shape index (κ3) is 2.14. The Kier molecular flexibility index (Phi) is 2.86. The minimum Gasteiger partial charge on any atom is -0.480 e. The fourth-order valence-electron chi connectivity index (χ4n) is 2.30. The van der Waals surface area contributed by atoms with Crippen molar-refractivity contribution < 1.29 is 9.90 Å². The summed E-state index contributed by atoms with van der Waals surface area (Å²) in [6.45, 7) is 0.706. The standard InChI is InChI=1S/C12H13N5O2/c18-11(19)9-2-1-6-17(9)10-3-4-14-12(15-10)16-7-5-13-8-16/h3-5,7-9H,1-2,6H2,(H,18,19)/t9-/m1/s1. The van der Waals surface area contributed by atoms with Crippen molar-refractivity contribution in [3.63, 3.8) is 0 Å². The fourth-order valence-corrected chi connectivity index (χ4v) is 2.30. The SMILES string of the molecule is O=C(O)[C@H]1CCCN1c1ccnc(-n2ccnc2)n1. The van der Waals surface area contributed by atoms with E-state index in [-0.39, 0.29) is 0 Å². The molecule has 3 rings (SSSR count). The van der Waals surface area contributed by atoms with Crippen LogP contribution in [0.3, 0.4) is 0 Å². The molecule has 98 valence electrons. The number of rotatable bonds is 3. The Morgan fingerprint density at radius 2 is 2.32 bits per heavy atom. The fraction of sp³-hybridized carbons (Fsp3) is 0.333. The number of carboxylic acids is 1. The number of hydrogen-bond donors (Lipinski definition) is 1. The van der Waals surface area contributed by atoms with Gasteiger partial charge in [-0.25, -0.2) is 14.8 Å². The van der Waals surface area contributed by atoms with E-state index in [1.165, 1.54) is 0 Å². The molecule has 1 aliphatic heterocycles. The molecule has 1 aliphatic rings. The molecular formula is C12H13N5O2. The molecule has 1 atom stereocenters. The second kappa shape index (κ2) is 4.68. The normalized spacial score (nSPS) is 18.7. The number of carboxylic acid groups (broad SMARTS) is 1. The lowest BCUT2D eigenvalue weighted by atomic mass is 10.2. The van der Waals surface area contributed by atoms with Gasteiger partial charge in [0.2, 0.25) is 5.95 Å². The van der Waals surface area contributed by atoms with Crippen LogP contribution in [0, 0.1) is 0 Å². The lowest BCUT2D eigenvalue weighted by molar-refractivity contribution is -0.138. The summed E-state index contributed by atoms with van der Waals surface area (Å²) in [7, 11) is 0. The Morgan fingerprint density at radius 3 is 3.05 bits per heavy atom. The van der Waals surface area contributed by atoms with Crippen LogP contribution in [0.1, 0.15) is 12.8 Å². The van der Waals surface area contributed by atoms with E-state index in [1.807, 2.05) is 4.90 Å². The highest BCUT2D eigenvalue weighted by Gasteiger charge is 2.31. The largest absolute Gasteiger partial charge is 0.480 e. The molecule has 0 aromatic carbocycles. The second-order valence-corrected chi connectivity index (χ2v) is 4.37. The van der Waals surface area contributed by atoms with Crippen LogP contribution in [0.25, 0.3) is 5.95 Å². The molecule has 2 aromatic heterocycles. The molecule has 1 fully saturated rings. The molecule has 0 aliphatic carbocycles. The van der Waals surface area contributed by atoms with E-state index >= 15 is 0 Å². The number of aromatic nitrogens is 4. The minimum atomic E-state index is -0.805. The highest BCUT2D eigenvalue weighted by molar-refractivity contribution is 5.78. The average Bonchev–Trinajstić information content (AvgIpc) is 3.10. The second-order valence-electron chi connectivity index (χ2n) is 4.37. The van der Waals surface area contributed by atoms with Crippen molar-refractivity contribution in [1.82, 2.24) is 19.5 Å². The van der Waals surface area contributed by atoms with Crippen LogP contribution >= 0.6 is 0 Å². The van der Waals surface area contributed by atoms with Gasteiger partial charge in [0.25, 0.3) is 0 Å². The van der Waals surface area contributed by atoms with Gasteiger partial charge in [-0.3, -0.25) is 4.57 Å². The number of nitrogens with zero attached hydrogens (tertiary/aromatic N) is 5. The van der Waals surface area contributed by atoms with Gasteiger partial charge in [0.05, 0.1) is 0 Å². The summed E-state index contributed by atoms with van der Waals surface area (Å²) in [4.78, 5) is 25.5. The van der Waals surface area contributed by atoms with Gasteiger partial charge in [-0.1, -0.05) is 0 Å². The van der Waals surface area contributed by atoms with Crippen LogP contribution < -0.4 is 4.90 Å². The van der Waals surface area contributed by atoms with E-state index in [0.717, 1.165) is 6.42 Å². The summed E-state index contributed by atoms with van der Waals surface area (Å²) in [5.74, 6) is 0.329. The molecule has 0 radical (unpaired) electrons. The molecule has 0 amide bonds. The topological polar surface area (TPSA) is 84.1 Å². The number of imidazole rings is 1. The maximum Gasteiger partial charge on any atom is 0.326 e. The van der Waals surface area contributed by atoms with E-state index < -0.39 is 12.0 Å². The molecule has 2 aromatic rings. The highest BCUT2D eigenvalue weighted by atomic mass is 16.4. The molecule has 0 spiro atoms. The van der Waals surface area contributed by atoms with Crippen LogP contribution in [-0.2, 0) is 4.79 Å². The van der Waals surface area contributed by atoms with Crippen molar-refractivity contribution in [2.75, 3.05) is 11.4 Å². The van der Waals surface area contributed by atoms with Crippen molar-refractivity contribution in [2.45, 2.75) is 18.9 Å². The molecule has 1 N–H and O–H groups in total. The molecule has 1 saturated heterocycles. The average molecular weight is 259 g/mol. The van der Waals surface area contributed by atoms with Crippen molar-refractivity contribution >= 4 is 11.8 Å². The minimum absolute atomic E-state index is 0.492. The van der Waals surface area contributed by atoms with Crippen LogP contribution in [0.2, 0.25) is 0 Å². The Bertz CT molecular complexity index is 584. The highest BCUT2D eigenvalue weighted by Crippen LogP contribution is 2.24. The Morgan fingerprint density at radius 1 is 1.42 bits per heavy atom. The van der Waals surface area contributed by atoms with Crippen LogP contribution in [-0.4, -0.2) is 43.2 Å². The summed E-state index contributed by atoms with van der Waals surface area (Å²) in [5.41, 5.74) is 0. The molecule has 7 heteroatoms. The van der Waals surface area contributed by atoms with Crippen molar-refractivity contribution in [1.29, 1.82) is 0 Å². The molecule has 0 saturated carbocycles. The van der Waals surface area contributed by atoms with Crippen molar-refractivity contribution in [3.8, 4) is 5.95 Å². The van der Waals surface area contributed by atoms with Crippen LogP contribution in [0.15, 0.2) is 31.0 Å². The van der Waals surface area contributed by atoms with Gasteiger partial charge >= 0.3 is 5.97 Å². The van der Waals surface area contributed by atoms with E-state index in [0.29, 0.717) is 24.7 Å². The summed E-state index contributed by atoms with van der Waals surface area (Å²) < 4.78 is 1.69. The van der Waals surface area contributed by atoms with E-state index in [2.05, 4.69) is 15.0 Å².